The first-order valence-corrected chi connectivity index (χ1v) is 40.7. The summed E-state index contributed by atoms with van der Waals surface area (Å²) in [6.45, 7) is 16.8. The minimum absolute atomic E-state index is 0.00250. The quantitative estimate of drug-likeness (QED) is 0.00653. The number of ether oxygens (including phenoxy) is 4. The van der Waals surface area contributed by atoms with Crippen LogP contribution in [0.4, 0.5) is 31.4 Å². The molecule has 0 aliphatic heterocycles. The highest BCUT2D eigenvalue weighted by molar-refractivity contribution is 7.99. The van der Waals surface area contributed by atoms with E-state index in [1.165, 1.54) is 54.3 Å². The number of para-hydroxylation sites is 1. The number of nitrogens with two attached hydrogens (primary N) is 4. The number of carbonyl (C=O) groups excluding carboxylic acids is 4. The van der Waals surface area contributed by atoms with Crippen LogP contribution >= 0.6 is 112 Å². The van der Waals surface area contributed by atoms with Crippen molar-refractivity contribution in [1.29, 1.82) is 0 Å². The van der Waals surface area contributed by atoms with Crippen LogP contribution in [0.25, 0.3) is 0 Å². The number of hydrogen-bond donors (Lipinski definition) is 5. The molecule has 25 nitrogen and oxygen atoms in total. The number of esters is 1. The number of primary amides is 3. The SMILES string of the molecule is CC(C)c1nc(COC(N)=O)n(Cc2ccc(N)cc2)c1Sc1cc(Cl)cc(Cl)c1.CC(C)c1nc(COC(N)=O)n(Cc2ccc([N+](=O)[O-])cc2)c1Sc1cc(Cl)cc(Cl)c1.CCOC(=O)[C@H](C)OP(=O)(CCNc1ccc(Cn2c(COC(N)=O)nc(C(C)C)c2Sc2cc(Cl)cc(Cl)c2)cc1)Oc1ccccc1. The fourth-order valence-corrected chi connectivity index (χ4v) is 17.9. The number of anilines is 2. The van der Waals surface area contributed by atoms with Gasteiger partial charge in [0, 0.05) is 94.5 Å². The van der Waals surface area contributed by atoms with E-state index in [1.807, 2.05) is 120 Å². The molecule has 3 aromatic heterocycles. The highest BCUT2D eigenvalue weighted by atomic mass is 35.5. The van der Waals surface area contributed by atoms with E-state index in [0.717, 1.165) is 69.2 Å². The van der Waals surface area contributed by atoms with Crippen LogP contribution in [0.1, 0.15) is 124 Å². The molecule has 2 atom stereocenters. The number of carbonyl (C=O) groups is 4. The molecule has 3 amide bonds. The van der Waals surface area contributed by atoms with Crippen LogP contribution < -0.4 is 32.8 Å². The Bertz CT molecular complexity index is 4870. The molecule has 10 rings (SSSR count). The van der Waals surface area contributed by atoms with E-state index in [-0.39, 0.29) is 62.6 Å². The number of benzene rings is 7. The molecule has 9 N–H and O–H groups in total. The first kappa shape index (κ1) is 87.8. The Hall–Kier alpha value is -8.77. The average molecular weight is 1710 g/mol. The number of rotatable bonds is 32. The molecule has 0 saturated carbocycles. The van der Waals surface area contributed by atoms with Crippen molar-refractivity contribution in [1.82, 2.24) is 28.7 Å². The number of imidazole rings is 3. The highest BCUT2D eigenvalue weighted by Crippen LogP contribution is 2.50. The second-order valence-corrected chi connectivity index (χ2v) is 33.2. The van der Waals surface area contributed by atoms with Gasteiger partial charge >= 0.3 is 31.8 Å². The lowest BCUT2D eigenvalue weighted by molar-refractivity contribution is -0.384. The first-order valence-electron chi connectivity index (χ1n) is 34.3. The third-order valence-corrected chi connectivity index (χ3v) is 22.1. The van der Waals surface area contributed by atoms with Crippen molar-refractivity contribution in [2.24, 2.45) is 17.2 Å². The van der Waals surface area contributed by atoms with E-state index >= 15 is 0 Å². The molecule has 0 radical (unpaired) electrons. The summed E-state index contributed by atoms with van der Waals surface area (Å²) in [5.41, 5.74) is 28.2. The van der Waals surface area contributed by atoms with E-state index < -0.39 is 42.9 Å². The largest absolute Gasteiger partial charge is 0.464 e. The number of nitro benzene ring substituents is 1. The van der Waals surface area contributed by atoms with Gasteiger partial charge in [0.2, 0.25) is 0 Å². The van der Waals surface area contributed by atoms with Crippen molar-refractivity contribution in [2.75, 3.05) is 30.4 Å². The van der Waals surface area contributed by atoms with Gasteiger partial charge in [0.15, 0.2) is 25.9 Å². The lowest BCUT2D eigenvalue weighted by Gasteiger charge is -2.22. The highest BCUT2D eigenvalue weighted by Gasteiger charge is 2.33. The fraction of sp³-hybridized carbons (Fsp3) is 0.276. The molecule has 1 unspecified atom stereocenters. The van der Waals surface area contributed by atoms with E-state index in [4.69, 9.17) is 135 Å². The number of non-ortho nitro benzene ring substituents is 1. The summed E-state index contributed by atoms with van der Waals surface area (Å²) in [5, 5.41) is 20.0. The molecule has 3 heterocycles. The predicted octanol–water partition coefficient (Wildman–Crippen LogP) is 20.5. The van der Waals surface area contributed by atoms with Crippen LogP contribution in [-0.2, 0) is 72.3 Å². The molecule has 7 aromatic carbocycles. The third-order valence-electron chi connectivity index (χ3n) is 15.6. The topological polar surface area (TPSA) is 353 Å². The Balaban J connectivity index is 0.000000218. The lowest BCUT2D eigenvalue weighted by Crippen LogP contribution is -2.24. The monoisotopic (exact) mass is 1710 g/mol. The second kappa shape index (κ2) is 41.7. The third kappa shape index (κ3) is 27.0. The molecular weight excluding hydrogens is 1630 g/mol. The number of amides is 3. The normalized spacial score (nSPS) is 11.9. The maximum absolute atomic E-state index is 13.8. The van der Waals surface area contributed by atoms with Crippen molar-refractivity contribution in [3.8, 4) is 5.75 Å². The molecule has 0 aliphatic carbocycles. The summed E-state index contributed by atoms with van der Waals surface area (Å²) < 4.78 is 51.3. The Morgan fingerprint density at radius 3 is 1.18 bits per heavy atom. The van der Waals surface area contributed by atoms with Crippen LogP contribution in [0, 0.1) is 10.1 Å². The zero-order chi connectivity index (χ0) is 80.8. The van der Waals surface area contributed by atoms with Crippen molar-refractivity contribution in [3.05, 3.63) is 249 Å². The zero-order valence-electron chi connectivity index (χ0n) is 61.4. The number of nitrogen functional groups attached to an aromatic ring is 1. The van der Waals surface area contributed by atoms with Crippen LogP contribution in [-0.4, -0.2) is 83.2 Å². The van der Waals surface area contributed by atoms with Gasteiger partial charge < -0.3 is 65.4 Å². The number of halogens is 6. The van der Waals surface area contributed by atoms with Crippen molar-refractivity contribution in [2.45, 2.75) is 148 Å². The van der Waals surface area contributed by atoms with Gasteiger partial charge in [-0.2, -0.15) is 0 Å². The van der Waals surface area contributed by atoms with E-state index in [2.05, 4.69) is 19.2 Å². The van der Waals surface area contributed by atoms with Gasteiger partial charge in [0.05, 0.1) is 34.8 Å². The van der Waals surface area contributed by atoms with Gasteiger partial charge in [-0.05, 0) is 139 Å². The summed E-state index contributed by atoms with van der Waals surface area (Å²) in [7, 11) is -3.77. The molecular formula is C76H81Cl6N12O13PS3. The zero-order valence-corrected chi connectivity index (χ0v) is 69.3. The standard InChI is InChI=1S/C34H39Cl2N4O7PS.C21H20Cl2N4O4S.C21H22Cl2N4O2S/c1-5-44-33(41)23(4)46-48(43,47-28-9-7-6-8-10-28)16-15-38-27-13-11-24(12-14-27)20-40-30(21-45-34(37)42)39-31(22(2)3)32(40)49-29-18-25(35)17-26(36)19-29;1-12(2)19-20(32-17-8-14(22)7-15(23)9-17)26(18(25-19)11-31-21(24)28)10-13-3-5-16(6-4-13)27(29)30;1-12(2)19-20(30-17-8-14(22)7-15(23)9-17)27(18(26-19)11-29-21(25)28)10-13-3-5-16(24)6-4-13/h6-14,17-19,22-23,38H,5,15-16,20-21H2,1-4H3,(H2,37,42);3-9,12H,10-11H2,1-2H3,(H2,24,28);3-9,12H,10-11,24H2,1-2H3,(H2,25,28)/t23-,48?;;/m0../s1. The molecule has 0 bridgehead atoms. The lowest BCUT2D eigenvalue weighted by atomic mass is 10.1. The number of nitro groups is 1. The minimum Gasteiger partial charge on any atom is -0.464 e. The van der Waals surface area contributed by atoms with E-state index in [0.29, 0.717) is 78.7 Å². The molecule has 35 heteroatoms. The Kier molecular flexibility index (Phi) is 33.0. The minimum atomic E-state index is -3.77. The van der Waals surface area contributed by atoms with Crippen molar-refractivity contribution in [3.63, 3.8) is 0 Å². The number of aromatic nitrogens is 6. The molecule has 0 aliphatic rings. The van der Waals surface area contributed by atoms with Crippen LogP contribution in [0.5, 0.6) is 5.75 Å². The summed E-state index contributed by atoms with van der Waals surface area (Å²) in [4.78, 5) is 73.4. The molecule has 111 heavy (non-hydrogen) atoms. The Labute approximate surface area is 685 Å². The van der Waals surface area contributed by atoms with Gasteiger partial charge in [-0.3, -0.25) is 14.6 Å². The summed E-state index contributed by atoms with van der Waals surface area (Å²) in [6.07, 6.45) is -3.75. The molecule has 0 saturated heterocycles. The first-order chi connectivity index (χ1) is 52.7. The smallest absolute Gasteiger partial charge is 0.404 e. The molecule has 588 valence electrons. The Morgan fingerprint density at radius 2 is 0.856 bits per heavy atom. The van der Waals surface area contributed by atoms with Crippen LogP contribution in [0.15, 0.2) is 187 Å². The van der Waals surface area contributed by atoms with Crippen molar-refractivity contribution >= 4 is 154 Å². The molecule has 0 fully saturated rings. The number of hydrogen-bond acceptors (Lipinski definition) is 21. The maximum atomic E-state index is 13.8. The molecule has 0 spiro atoms. The second-order valence-electron chi connectivity index (χ2n) is 25.3. The number of nitrogens with zero attached hydrogens (tertiary/aromatic N) is 7. The van der Waals surface area contributed by atoms with Gasteiger partial charge in [-0.25, -0.2) is 38.7 Å². The summed E-state index contributed by atoms with van der Waals surface area (Å²) in [6, 6.07) is 46.1. The number of nitrogens with one attached hydrogen (secondary N) is 1. The fourth-order valence-electron chi connectivity index (χ4n) is 10.5. The van der Waals surface area contributed by atoms with Gasteiger partial charge in [0.25, 0.3) is 5.69 Å². The summed E-state index contributed by atoms with van der Waals surface area (Å²) >= 11 is 41.7. The Morgan fingerprint density at radius 1 is 0.514 bits per heavy atom. The van der Waals surface area contributed by atoms with E-state index in [1.54, 1.807) is 73.7 Å². The average Bonchev–Trinajstić information content (AvgIpc) is 1.66. The van der Waals surface area contributed by atoms with Crippen LogP contribution in [0.3, 0.4) is 0 Å². The predicted molar refractivity (Wildman–Crippen MR) is 437 cm³/mol. The summed E-state index contributed by atoms with van der Waals surface area (Å²) in [5.74, 6) is 1.65. The van der Waals surface area contributed by atoms with Crippen molar-refractivity contribution < 1.29 is 56.7 Å². The van der Waals surface area contributed by atoms with Gasteiger partial charge in [0.1, 0.15) is 38.3 Å². The van der Waals surface area contributed by atoms with Gasteiger partial charge in [-0.15, -0.1) is 0 Å². The van der Waals surface area contributed by atoms with Gasteiger partial charge in [-0.1, -0.05) is 201 Å². The maximum Gasteiger partial charge on any atom is 0.404 e. The van der Waals surface area contributed by atoms with E-state index in [9.17, 15) is 33.9 Å². The van der Waals surface area contributed by atoms with Crippen LogP contribution in [0.2, 0.25) is 30.1 Å². The molecule has 10 aromatic rings.